The second-order valence-electron chi connectivity index (χ2n) is 13.4. The SMILES string of the molecule is COCCCN1C(=O)C(C)(C)Oc2ccc(N(CC(=O)[C@H]3CNC[C@@H](C(=O)N[C@@H](C)C4CCCCC4)C3)C3CC3)cc21.[HH].[HH]. The van der Waals surface area contributed by atoms with Gasteiger partial charge < -0.3 is 29.9 Å². The lowest BCUT2D eigenvalue weighted by atomic mass is 9.83. The Labute approximate surface area is 254 Å². The molecule has 0 radical (unpaired) electrons. The Kier molecular flexibility index (Phi) is 9.77. The predicted molar refractivity (Wildman–Crippen MR) is 168 cm³/mol. The van der Waals surface area contributed by atoms with Gasteiger partial charge in [0.2, 0.25) is 5.91 Å². The van der Waals surface area contributed by atoms with Crippen LogP contribution in [-0.4, -0.2) is 75.2 Å². The molecule has 2 N–H and O–H groups in total. The molecule has 3 atom stereocenters. The lowest BCUT2D eigenvalue weighted by molar-refractivity contribution is -0.132. The number of rotatable bonds is 12. The number of ketones is 1. The molecule has 1 aromatic carbocycles. The van der Waals surface area contributed by atoms with Crippen molar-refractivity contribution < 1.29 is 26.7 Å². The molecule has 0 bridgehead atoms. The number of nitrogens with one attached hydrogen (secondary N) is 2. The van der Waals surface area contributed by atoms with Gasteiger partial charge in [0, 0.05) is 59.9 Å². The molecule has 2 amide bonds. The zero-order valence-electron chi connectivity index (χ0n) is 26.0. The Morgan fingerprint density at radius 3 is 2.62 bits per heavy atom. The van der Waals surface area contributed by atoms with Crippen molar-refractivity contribution in [3.05, 3.63) is 18.2 Å². The molecule has 2 aliphatic heterocycles. The van der Waals surface area contributed by atoms with Crippen LogP contribution in [0.5, 0.6) is 5.75 Å². The molecule has 3 fully saturated rings. The lowest BCUT2D eigenvalue weighted by Gasteiger charge is -2.39. The fourth-order valence-electron chi connectivity index (χ4n) is 6.92. The summed E-state index contributed by atoms with van der Waals surface area (Å²) in [6.45, 7) is 8.36. The van der Waals surface area contributed by atoms with Gasteiger partial charge in [-0.1, -0.05) is 19.3 Å². The van der Waals surface area contributed by atoms with E-state index in [9.17, 15) is 14.4 Å². The van der Waals surface area contributed by atoms with Crippen LogP contribution < -0.4 is 25.2 Å². The van der Waals surface area contributed by atoms with E-state index < -0.39 is 5.60 Å². The summed E-state index contributed by atoms with van der Waals surface area (Å²) in [5.74, 6) is 1.01. The van der Waals surface area contributed by atoms with E-state index in [4.69, 9.17) is 9.47 Å². The van der Waals surface area contributed by atoms with Gasteiger partial charge in [0.05, 0.1) is 18.2 Å². The first-order valence-electron chi connectivity index (χ1n) is 16.1. The average molecular weight is 587 g/mol. The highest BCUT2D eigenvalue weighted by atomic mass is 16.5. The summed E-state index contributed by atoms with van der Waals surface area (Å²) >= 11 is 0. The lowest BCUT2D eigenvalue weighted by Crippen LogP contribution is -2.53. The molecule has 9 nitrogen and oxygen atoms in total. The van der Waals surface area contributed by atoms with Crippen molar-refractivity contribution in [1.29, 1.82) is 0 Å². The Morgan fingerprint density at radius 2 is 1.90 bits per heavy atom. The molecule has 0 aromatic heterocycles. The zero-order valence-corrected chi connectivity index (χ0v) is 26.0. The molecule has 2 saturated carbocycles. The van der Waals surface area contributed by atoms with Gasteiger partial charge in [0.1, 0.15) is 5.75 Å². The summed E-state index contributed by atoms with van der Waals surface area (Å²) in [6.07, 6.45) is 9.56. The number of amides is 2. The van der Waals surface area contributed by atoms with Gasteiger partial charge in [0.25, 0.3) is 5.91 Å². The first-order valence-corrected chi connectivity index (χ1v) is 16.1. The highest BCUT2D eigenvalue weighted by Gasteiger charge is 2.42. The van der Waals surface area contributed by atoms with Crippen LogP contribution in [0.25, 0.3) is 0 Å². The minimum absolute atomic E-state index is 0. The van der Waals surface area contributed by atoms with E-state index in [-0.39, 0.29) is 38.3 Å². The summed E-state index contributed by atoms with van der Waals surface area (Å²) in [6, 6.07) is 6.42. The molecule has 236 valence electrons. The Balaban J connectivity index is 0.00000264. The van der Waals surface area contributed by atoms with Gasteiger partial charge in [-0.15, -0.1) is 0 Å². The quantitative estimate of drug-likeness (QED) is 0.346. The van der Waals surface area contributed by atoms with Crippen LogP contribution in [0.1, 0.15) is 81.4 Å². The van der Waals surface area contributed by atoms with Crippen LogP contribution in [-0.2, 0) is 19.1 Å². The smallest absolute Gasteiger partial charge is 0.270 e. The number of Topliss-reactive ketones (excluding diaryl/α,β-unsaturated/α-hetero) is 1. The molecular weight excluding hydrogens is 532 g/mol. The van der Waals surface area contributed by atoms with Crippen LogP contribution in [0, 0.1) is 17.8 Å². The maximum atomic E-state index is 13.7. The number of hydrogen-bond acceptors (Lipinski definition) is 7. The minimum Gasteiger partial charge on any atom is -0.476 e. The van der Waals surface area contributed by atoms with E-state index in [0.717, 1.165) is 30.6 Å². The molecule has 5 rings (SSSR count). The third kappa shape index (κ3) is 7.10. The van der Waals surface area contributed by atoms with E-state index in [1.54, 1.807) is 25.9 Å². The Morgan fingerprint density at radius 1 is 1.17 bits per heavy atom. The molecule has 9 heteroatoms. The maximum absolute atomic E-state index is 13.7. The summed E-state index contributed by atoms with van der Waals surface area (Å²) in [4.78, 5) is 44.2. The van der Waals surface area contributed by atoms with Crippen molar-refractivity contribution >= 4 is 29.0 Å². The number of methoxy groups -OCH3 is 1. The monoisotopic (exact) mass is 586 g/mol. The summed E-state index contributed by atoms with van der Waals surface area (Å²) in [7, 11) is 1.66. The number of anilines is 2. The van der Waals surface area contributed by atoms with Crippen LogP contribution in [0.3, 0.4) is 0 Å². The maximum Gasteiger partial charge on any atom is 0.270 e. The van der Waals surface area contributed by atoms with Gasteiger partial charge in [0.15, 0.2) is 11.4 Å². The molecule has 4 aliphatic rings. The number of benzene rings is 1. The second-order valence-corrected chi connectivity index (χ2v) is 13.4. The third-order valence-electron chi connectivity index (χ3n) is 9.64. The summed E-state index contributed by atoms with van der Waals surface area (Å²) in [5, 5.41) is 6.65. The highest BCUT2D eigenvalue weighted by molar-refractivity contribution is 6.03. The van der Waals surface area contributed by atoms with Crippen molar-refractivity contribution in [2.24, 2.45) is 17.8 Å². The number of piperidine rings is 1. The number of fused-ring (bicyclic) bond motifs is 1. The molecule has 1 saturated heterocycles. The third-order valence-corrected chi connectivity index (χ3v) is 9.64. The van der Waals surface area contributed by atoms with E-state index in [2.05, 4.69) is 22.5 Å². The topological polar surface area (TPSA) is 100 Å². The van der Waals surface area contributed by atoms with Crippen LogP contribution in [0.15, 0.2) is 18.2 Å². The Bertz CT molecular complexity index is 1140. The number of hydrogen-bond donors (Lipinski definition) is 2. The van der Waals surface area contributed by atoms with E-state index in [1.807, 2.05) is 18.2 Å². The summed E-state index contributed by atoms with van der Waals surface area (Å²) < 4.78 is 11.3. The number of carbonyl (C=O) groups excluding carboxylic acids is 3. The van der Waals surface area contributed by atoms with Crippen LogP contribution in [0.2, 0.25) is 0 Å². The highest BCUT2D eigenvalue weighted by Crippen LogP contribution is 2.42. The fraction of sp³-hybridized carbons (Fsp3) is 0.727. The van der Waals surface area contributed by atoms with Crippen molar-refractivity contribution in [3.63, 3.8) is 0 Å². The number of nitrogens with zero attached hydrogens (tertiary/aromatic N) is 2. The molecule has 2 aliphatic carbocycles. The van der Waals surface area contributed by atoms with Gasteiger partial charge >= 0.3 is 0 Å². The van der Waals surface area contributed by atoms with Gasteiger partial charge in [-0.2, -0.15) is 0 Å². The normalized spacial score (nSPS) is 24.9. The van der Waals surface area contributed by atoms with E-state index in [0.29, 0.717) is 56.9 Å². The van der Waals surface area contributed by atoms with Crippen molar-refractivity contribution in [2.75, 3.05) is 49.7 Å². The molecular formula is C33H54N4O5. The standard InChI is InChI=1S/C33H50N4O5.2H2/c1-22(23-9-6-5-7-10-23)35-31(39)25-17-24(19-34-20-25)29(38)21-37(26-11-12-26)27-13-14-30-28(18-27)36(15-8-16-41-4)32(40)33(2,3)42-30;;/h13-14,18,22-26,34H,5-12,15-17,19-21H2,1-4H3,(H,35,39);2*1H/t22-,24+,25-;;/m0../s1. The zero-order chi connectivity index (χ0) is 29.9. The minimum atomic E-state index is -0.946. The van der Waals surface area contributed by atoms with Gasteiger partial charge in [-0.25, -0.2) is 0 Å². The molecule has 42 heavy (non-hydrogen) atoms. The number of ether oxygens (including phenoxy) is 2. The van der Waals surface area contributed by atoms with Crippen molar-refractivity contribution in [3.8, 4) is 5.75 Å². The van der Waals surface area contributed by atoms with Crippen molar-refractivity contribution in [1.82, 2.24) is 10.6 Å². The fourth-order valence-corrected chi connectivity index (χ4v) is 6.92. The molecule has 1 aromatic rings. The second kappa shape index (κ2) is 13.3. The summed E-state index contributed by atoms with van der Waals surface area (Å²) in [5.41, 5.74) is 0.727. The molecule has 0 unspecified atom stereocenters. The average Bonchev–Trinajstić information content (AvgIpc) is 3.83. The first kappa shape index (κ1) is 30.8. The molecule has 0 spiro atoms. The van der Waals surface area contributed by atoms with E-state index >= 15 is 0 Å². The Hall–Kier alpha value is -2.65. The van der Waals surface area contributed by atoms with Crippen molar-refractivity contribution in [2.45, 2.75) is 96.2 Å². The largest absolute Gasteiger partial charge is 0.476 e. The number of carbonyl (C=O) groups is 3. The predicted octanol–water partition coefficient (Wildman–Crippen LogP) is 4.57. The first-order chi connectivity index (χ1) is 20.2. The van der Waals surface area contributed by atoms with Gasteiger partial charge in [-0.05, 0) is 83.4 Å². The van der Waals surface area contributed by atoms with E-state index in [1.165, 1.54) is 32.1 Å². The van der Waals surface area contributed by atoms with Crippen LogP contribution >= 0.6 is 0 Å². The van der Waals surface area contributed by atoms with Crippen LogP contribution in [0.4, 0.5) is 11.4 Å². The van der Waals surface area contributed by atoms with Gasteiger partial charge in [-0.3, -0.25) is 14.4 Å². The molecule has 2 heterocycles.